The minimum Gasteiger partial charge on any atom is -0.269 e. The van der Waals surface area contributed by atoms with Crippen molar-refractivity contribution in [3.63, 3.8) is 0 Å². The molecule has 0 aliphatic rings. The highest BCUT2D eigenvalue weighted by molar-refractivity contribution is 4.47. The van der Waals surface area contributed by atoms with Gasteiger partial charge in [0.25, 0.3) is 0 Å². The zero-order valence-corrected chi connectivity index (χ0v) is 8.32. The first-order valence-electron chi connectivity index (χ1n) is 3.91. The Bertz CT molecular complexity index is 40.0. The van der Waals surface area contributed by atoms with Crippen LogP contribution in [0.3, 0.4) is 0 Å². The van der Waals surface area contributed by atoms with Crippen molar-refractivity contribution in [1.29, 1.82) is 0 Å². The smallest absolute Gasteiger partial charge is 0 e. The average molecular weight is 152 g/mol. The third kappa shape index (κ3) is 440. The van der Waals surface area contributed by atoms with Crippen LogP contribution in [0.2, 0.25) is 0 Å². The molecule has 0 aliphatic carbocycles. The summed E-state index contributed by atoms with van der Waals surface area (Å²) in [6.07, 6.45) is 2.64. The lowest BCUT2D eigenvalue weighted by Gasteiger charge is -2.05. The molecule has 0 bridgehead atoms. The molecule has 0 nitrogen and oxygen atoms in total. The number of hydrogen-bond donors (Lipinski definition) is 0. The normalized spacial score (nSPS) is 9.00. The molecule has 0 N–H and O–H groups in total. The zero-order valence-electron chi connectivity index (χ0n) is 8.32. The lowest BCUT2D eigenvalue weighted by molar-refractivity contribution is 0.469. The molecule has 0 amide bonds. The maximum atomic E-state index is 2.19. The van der Waals surface area contributed by atoms with Crippen LogP contribution in [0, 0.1) is 5.41 Å². The molecule has 0 aromatic heterocycles. The van der Waals surface area contributed by atoms with Gasteiger partial charge >= 0.3 is 0 Å². The summed E-state index contributed by atoms with van der Waals surface area (Å²) in [4.78, 5) is 0. The van der Waals surface area contributed by atoms with Crippen LogP contribution in [-0.4, -0.2) is 0 Å². The lowest BCUT2D eigenvalue weighted by Crippen LogP contribution is -1.93. The van der Waals surface area contributed by atoms with E-state index in [1.165, 1.54) is 12.8 Å². The molecule has 0 saturated heterocycles. The average Bonchev–Trinajstić information content (AvgIpc) is 1.61. The first-order valence-corrected chi connectivity index (χ1v) is 3.91. The van der Waals surface area contributed by atoms with E-state index in [1.807, 2.05) is 0 Å². The van der Waals surface area contributed by atoms with Gasteiger partial charge in [0.2, 0.25) is 0 Å². The topological polar surface area (TPSA) is 0 Å². The summed E-state index contributed by atoms with van der Waals surface area (Å²) in [5.74, 6) is 0. The quantitative estimate of drug-likeness (QED) is 0.526. The Kier molecular flexibility index (Phi) is 14.7. The Morgan fingerprint density at radius 3 is 1.00 bits per heavy atom. The standard InChI is InChI=1S/C5H12.C4H10.FH.H2/c1-5(2,3)4;1-3-4-2;;/h1-4H3;3-4H2,1-2H3;2*1H. The number of hydrogen-bond acceptors (Lipinski definition) is 0. The van der Waals surface area contributed by atoms with E-state index in [2.05, 4.69) is 41.5 Å². The zero-order chi connectivity index (χ0) is 7.91. The summed E-state index contributed by atoms with van der Waals surface area (Å²) in [5.41, 5.74) is 0.500. The van der Waals surface area contributed by atoms with Gasteiger partial charge in [-0.2, -0.15) is 0 Å². The Morgan fingerprint density at radius 2 is 1.00 bits per heavy atom. The van der Waals surface area contributed by atoms with Crippen LogP contribution in [0.25, 0.3) is 0 Å². The number of halogens is 1. The Labute approximate surface area is 66.9 Å². The minimum atomic E-state index is 0. The highest BCUT2D eigenvalue weighted by Gasteiger charge is 1.95. The van der Waals surface area contributed by atoms with Gasteiger partial charge in [0, 0.05) is 1.43 Å². The molecule has 0 atom stereocenters. The molecule has 0 rings (SSSR count). The van der Waals surface area contributed by atoms with Crippen molar-refractivity contribution in [3.05, 3.63) is 0 Å². The summed E-state index contributed by atoms with van der Waals surface area (Å²) in [6, 6.07) is 0. The summed E-state index contributed by atoms with van der Waals surface area (Å²) < 4.78 is 0. The van der Waals surface area contributed by atoms with Crippen molar-refractivity contribution in [2.75, 3.05) is 0 Å². The van der Waals surface area contributed by atoms with Gasteiger partial charge in [0.15, 0.2) is 0 Å². The van der Waals surface area contributed by atoms with Crippen molar-refractivity contribution in [2.24, 2.45) is 5.41 Å². The van der Waals surface area contributed by atoms with Gasteiger partial charge in [-0.25, -0.2) is 0 Å². The van der Waals surface area contributed by atoms with Gasteiger partial charge < -0.3 is 0 Å². The summed E-state index contributed by atoms with van der Waals surface area (Å²) >= 11 is 0. The van der Waals surface area contributed by atoms with Crippen molar-refractivity contribution >= 4 is 0 Å². The van der Waals surface area contributed by atoms with Crippen LogP contribution in [0.1, 0.15) is 55.8 Å². The van der Waals surface area contributed by atoms with Crippen LogP contribution < -0.4 is 0 Å². The molecule has 0 heterocycles. The van der Waals surface area contributed by atoms with Gasteiger partial charge in [-0.05, 0) is 5.41 Å². The largest absolute Gasteiger partial charge is 0.269 e. The fourth-order valence-corrected chi connectivity index (χ4v) is 0. The molecule has 0 radical (unpaired) electrons. The molecule has 0 aromatic rings. The van der Waals surface area contributed by atoms with E-state index in [0.717, 1.165) is 0 Å². The molecule has 0 spiro atoms. The molecule has 68 valence electrons. The van der Waals surface area contributed by atoms with Crippen LogP contribution in [0.15, 0.2) is 0 Å². The number of rotatable bonds is 1. The van der Waals surface area contributed by atoms with E-state index in [1.54, 1.807) is 0 Å². The van der Waals surface area contributed by atoms with Gasteiger partial charge in [-0.15, -0.1) is 0 Å². The fraction of sp³-hybridized carbons (Fsp3) is 1.00. The molecule has 0 saturated carbocycles. The molecule has 0 aliphatic heterocycles. The van der Waals surface area contributed by atoms with Gasteiger partial charge in [-0.3, -0.25) is 4.70 Å². The molecule has 0 unspecified atom stereocenters. The van der Waals surface area contributed by atoms with Crippen molar-refractivity contribution in [2.45, 2.75) is 54.4 Å². The molecular formula is C9H25F. The predicted molar refractivity (Wildman–Crippen MR) is 50.3 cm³/mol. The fourth-order valence-electron chi connectivity index (χ4n) is 0. The minimum absolute atomic E-state index is 0. The highest BCUT2D eigenvalue weighted by atomic mass is 19.0. The van der Waals surface area contributed by atoms with Crippen molar-refractivity contribution in [3.8, 4) is 0 Å². The van der Waals surface area contributed by atoms with E-state index in [0.29, 0.717) is 5.41 Å². The van der Waals surface area contributed by atoms with Gasteiger partial charge in [-0.1, -0.05) is 54.4 Å². The van der Waals surface area contributed by atoms with Crippen molar-refractivity contribution < 1.29 is 6.13 Å². The van der Waals surface area contributed by atoms with Crippen LogP contribution in [-0.2, 0) is 0 Å². The Balaban J connectivity index is -0.0000000383. The Morgan fingerprint density at radius 1 is 0.900 bits per heavy atom. The third-order valence-corrected chi connectivity index (χ3v) is 0.500. The Hall–Kier alpha value is -0.0700. The molecule has 0 fully saturated rings. The van der Waals surface area contributed by atoms with E-state index in [-0.39, 0.29) is 6.13 Å². The van der Waals surface area contributed by atoms with E-state index in [4.69, 9.17) is 0 Å². The van der Waals surface area contributed by atoms with Crippen LogP contribution in [0.5, 0.6) is 0 Å². The molecule has 1 heteroatoms. The van der Waals surface area contributed by atoms with E-state index >= 15 is 0 Å². The second-order valence-corrected chi connectivity index (χ2v) is 4.00. The van der Waals surface area contributed by atoms with Gasteiger partial charge in [0.05, 0.1) is 0 Å². The van der Waals surface area contributed by atoms with E-state index < -0.39 is 0 Å². The van der Waals surface area contributed by atoms with E-state index in [9.17, 15) is 0 Å². The number of unbranched alkanes of at least 4 members (excludes halogenated alkanes) is 1. The van der Waals surface area contributed by atoms with Gasteiger partial charge in [0.1, 0.15) is 0 Å². The lowest BCUT2D eigenvalue weighted by atomic mass is 10.0. The first-order chi connectivity index (χ1) is 3.91. The monoisotopic (exact) mass is 152 g/mol. The first kappa shape index (κ1) is 16.5. The van der Waals surface area contributed by atoms with Crippen molar-refractivity contribution in [1.82, 2.24) is 0 Å². The molecule has 0 aromatic carbocycles. The second kappa shape index (κ2) is 8.93. The molecular weight excluding hydrogens is 127 g/mol. The summed E-state index contributed by atoms with van der Waals surface area (Å²) in [5, 5.41) is 0. The highest BCUT2D eigenvalue weighted by Crippen LogP contribution is 2.07. The third-order valence-electron chi connectivity index (χ3n) is 0.500. The summed E-state index contributed by atoms with van der Waals surface area (Å²) in [6.45, 7) is 13.1. The predicted octanol–water partition coefficient (Wildman–Crippen LogP) is 4.26. The second-order valence-electron chi connectivity index (χ2n) is 4.00. The molecule has 10 heavy (non-hydrogen) atoms. The van der Waals surface area contributed by atoms with Crippen LogP contribution in [0.4, 0.5) is 4.70 Å². The maximum Gasteiger partial charge on any atom is 0 e. The maximum absolute atomic E-state index is 2.19. The summed E-state index contributed by atoms with van der Waals surface area (Å²) in [7, 11) is 0. The SMILES string of the molecule is CC(C)(C)C.CCCC.F.[HH]. The van der Waals surface area contributed by atoms with Crippen LogP contribution >= 0.6 is 0 Å².